The highest BCUT2D eigenvalue weighted by Gasteiger charge is 2.19. The Kier molecular flexibility index (Phi) is 69.1. The smallest absolute Gasteiger partial charge is 0.306 e. The molecule has 0 spiro atoms. The predicted octanol–water partition coefficient (Wildman–Crippen LogP) is 25.5. The molecule has 1 unspecified atom stereocenters. The second kappa shape index (κ2) is 71.6. The molecule has 0 rings (SSSR count). The van der Waals surface area contributed by atoms with Crippen molar-refractivity contribution in [3.8, 4) is 0 Å². The minimum Gasteiger partial charge on any atom is -0.462 e. The molecule has 0 radical (unpaired) electrons. The van der Waals surface area contributed by atoms with Gasteiger partial charge >= 0.3 is 17.9 Å². The molecule has 1 atom stereocenters. The lowest BCUT2D eigenvalue weighted by molar-refractivity contribution is -0.167. The number of esters is 3. The summed E-state index contributed by atoms with van der Waals surface area (Å²) in [5.74, 6) is -0.867. The standard InChI is InChI=1S/C77H140O6/c1-4-7-10-13-16-19-22-25-27-29-31-33-35-36-37-38-39-40-42-43-45-47-49-52-55-58-61-64-67-70-76(79)82-73-74(72-81-75(78)69-66-63-60-57-54-51-24-21-18-15-12-9-6-3)83-77(80)71-68-65-62-59-56-53-50-48-46-44-41-34-32-30-28-26-23-20-17-14-11-8-5-2/h12,15,21-22,24-25,29-32,74H,4-11,13-14,16-20,23,26-28,33-73H2,1-3H3/b15-12-,24-21-,25-22-,31-29-,32-30-. The Labute approximate surface area is 517 Å². The van der Waals surface area contributed by atoms with E-state index in [2.05, 4.69) is 81.5 Å². The van der Waals surface area contributed by atoms with Crippen LogP contribution in [0.3, 0.4) is 0 Å². The van der Waals surface area contributed by atoms with Crippen LogP contribution in [0.15, 0.2) is 60.8 Å². The first kappa shape index (κ1) is 80.1. The second-order valence-corrected chi connectivity index (χ2v) is 24.8. The van der Waals surface area contributed by atoms with Crippen LogP contribution in [0.1, 0.15) is 393 Å². The van der Waals surface area contributed by atoms with Crippen molar-refractivity contribution in [1.82, 2.24) is 0 Å². The summed E-state index contributed by atoms with van der Waals surface area (Å²) in [6, 6.07) is 0. The lowest BCUT2D eigenvalue weighted by Gasteiger charge is -2.18. The zero-order chi connectivity index (χ0) is 59.9. The molecule has 0 aromatic rings. The van der Waals surface area contributed by atoms with Crippen LogP contribution in [0.25, 0.3) is 0 Å². The van der Waals surface area contributed by atoms with E-state index >= 15 is 0 Å². The first-order valence-corrected chi connectivity index (χ1v) is 36.8. The highest BCUT2D eigenvalue weighted by Crippen LogP contribution is 2.18. The third kappa shape index (κ3) is 69.8. The van der Waals surface area contributed by atoms with Crippen LogP contribution in [-0.4, -0.2) is 37.2 Å². The minimum atomic E-state index is -0.781. The van der Waals surface area contributed by atoms with Gasteiger partial charge in [-0.1, -0.05) is 332 Å². The van der Waals surface area contributed by atoms with E-state index in [9.17, 15) is 14.4 Å². The molecular weight excluding hydrogens is 1020 g/mol. The third-order valence-corrected chi connectivity index (χ3v) is 16.4. The van der Waals surface area contributed by atoms with Gasteiger partial charge < -0.3 is 14.2 Å². The van der Waals surface area contributed by atoms with Crippen molar-refractivity contribution in [2.24, 2.45) is 0 Å². The molecule has 0 N–H and O–H groups in total. The first-order valence-electron chi connectivity index (χ1n) is 36.8. The Morgan fingerprint density at radius 2 is 0.458 bits per heavy atom. The maximum absolute atomic E-state index is 13.0. The maximum Gasteiger partial charge on any atom is 0.306 e. The summed E-state index contributed by atoms with van der Waals surface area (Å²) in [6.45, 7) is 6.62. The fourth-order valence-corrected chi connectivity index (χ4v) is 10.9. The van der Waals surface area contributed by atoms with Gasteiger partial charge in [-0.15, -0.1) is 0 Å². The Morgan fingerprint density at radius 1 is 0.241 bits per heavy atom. The maximum atomic E-state index is 13.0. The van der Waals surface area contributed by atoms with Gasteiger partial charge in [0, 0.05) is 19.3 Å². The molecule has 0 bridgehead atoms. The van der Waals surface area contributed by atoms with Crippen molar-refractivity contribution >= 4 is 17.9 Å². The molecule has 0 saturated heterocycles. The highest BCUT2D eigenvalue weighted by atomic mass is 16.6. The number of hydrogen-bond donors (Lipinski definition) is 0. The molecule has 83 heavy (non-hydrogen) atoms. The van der Waals surface area contributed by atoms with Crippen molar-refractivity contribution in [2.45, 2.75) is 399 Å². The van der Waals surface area contributed by atoms with E-state index in [0.29, 0.717) is 19.3 Å². The van der Waals surface area contributed by atoms with Crippen LogP contribution in [0, 0.1) is 0 Å². The molecule has 0 aromatic carbocycles. The molecule has 0 aliphatic heterocycles. The molecule has 0 heterocycles. The van der Waals surface area contributed by atoms with Crippen molar-refractivity contribution in [2.75, 3.05) is 13.2 Å². The van der Waals surface area contributed by atoms with Gasteiger partial charge in [0.15, 0.2) is 6.10 Å². The van der Waals surface area contributed by atoms with Gasteiger partial charge in [-0.05, 0) is 103 Å². The number of carbonyl (C=O) groups is 3. The van der Waals surface area contributed by atoms with Gasteiger partial charge in [-0.25, -0.2) is 0 Å². The van der Waals surface area contributed by atoms with Crippen LogP contribution in [0.4, 0.5) is 0 Å². The normalized spacial score (nSPS) is 12.4. The molecule has 6 heteroatoms. The van der Waals surface area contributed by atoms with Crippen LogP contribution in [0.5, 0.6) is 0 Å². The van der Waals surface area contributed by atoms with Crippen LogP contribution < -0.4 is 0 Å². The second-order valence-electron chi connectivity index (χ2n) is 24.8. The van der Waals surface area contributed by atoms with Gasteiger partial charge in [-0.2, -0.15) is 0 Å². The summed E-state index contributed by atoms with van der Waals surface area (Å²) in [5.41, 5.74) is 0. The topological polar surface area (TPSA) is 78.9 Å². The number of allylic oxidation sites excluding steroid dienone is 10. The van der Waals surface area contributed by atoms with E-state index < -0.39 is 6.10 Å². The van der Waals surface area contributed by atoms with Crippen molar-refractivity contribution in [1.29, 1.82) is 0 Å². The van der Waals surface area contributed by atoms with Crippen LogP contribution in [-0.2, 0) is 28.6 Å². The molecule has 0 saturated carbocycles. The fraction of sp³-hybridized carbons (Fsp3) is 0.831. The first-order chi connectivity index (χ1) is 41.0. The van der Waals surface area contributed by atoms with Gasteiger partial charge in [0.2, 0.25) is 0 Å². The molecule has 484 valence electrons. The largest absolute Gasteiger partial charge is 0.462 e. The number of hydrogen-bond acceptors (Lipinski definition) is 6. The summed E-state index contributed by atoms with van der Waals surface area (Å²) >= 11 is 0. The molecule has 6 nitrogen and oxygen atoms in total. The average molecular weight is 1160 g/mol. The van der Waals surface area contributed by atoms with Gasteiger partial charge in [-0.3, -0.25) is 14.4 Å². The zero-order valence-electron chi connectivity index (χ0n) is 55.7. The van der Waals surface area contributed by atoms with Gasteiger partial charge in [0.05, 0.1) is 0 Å². The molecule has 0 amide bonds. The quantitative estimate of drug-likeness (QED) is 0.0261. The number of carbonyl (C=O) groups excluding carboxylic acids is 3. The Balaban J connectivity index is 4.21. The van der Waals surface area contributed by atoms with Crippen LogP contribution >= 0.6 is 0 Å². The van der Waals surface area contributed by atoms with Crippen molar-refractivity contribution in [3.63, 3.8) is 0 Å². The molecule has 0 aliphatic rings. The summed E-state index contributed by atoms with van der Waals surface area (Å²) in [4.78, 5) is 38.5. The lowest BCUT2D eigenvalue weighted by Crippen LogP contribution is -2.30. The van der Waals surface area contributed by atoms with E-state index in [1.54, 1.807) is 0 Å². The number of unbranched alkanes of at least 4 members (excludes halogenated alkanes) is 47. The fourth-order valence-electron chi connectivity index (χ4n) is 10.9. The summed E-state index contributed by atoms with van der Waals surface area (Å²) in [7, 11) is 0. The lowest BCUT2D eigenvalue weighted by atomic mass is 10.0. The SMILES string of the molecule is CCC/C=C\C/C=C\CCCCCCCC(=O)OCC(COC(=O)CCCCCCCCCCCCCCCCCCC/C=C\C/C=C\CCCCCCC)OC(=O)CCCCCCCCCCCCC/C=C\CCCCCCCCCC. The van der Waals surface area contributed by atoms with Crippen molar-refractivity contribution < 1.29 is 28.6 Å². The van der Waals surface area contributed by atoms with E-state index in [1.807, 2.05) is 0 Å². The third-order valence-electron chi connectivity index (χ3n) is 16.4. The number of rotatable bonds is 68. The molecule has 0 fully saturated rings. The van der Waals surface area contributed by atoms with Crippen molar-refractivity contribution in [3.05, 3.63) is 60.8 Å². The Morgan fingerprint density at radius 3 is 0.723 bits per heavy atom. The van der Waals surface area contributed by atoms with E-state index in [1.165, 1.54) is 263 Å². The van der Waals surface area contributed by atoms with E-state index in [-0.39, 0.29) is 31.1 Å². The zero-order valence-corrected chi connectivity index (χ0v) is 55.7. The summed E-state index contributed by atoms with van der Waals surface area (Å²) in [5, 5.41) is 0. The average Bonchev–Trinajstić information content (AvgIpc) is 3.49. The monoisotopic (exact) mass is 1160 g/mol. The van der Waals surface area contributed by atoms with E-state index in [4.69, 9.17) is 14.2 Å². The summed E-state index contributed by atoms with van der Waals surface area (Å²) in [6.07, 6.45) is 92.6. The predicted molar refractivity (Wildman–Crippen MR) is 362 cm³/mol. The minimum absolute atomic E-state index is 0.0753. The Bertz CT molecular complexity index is 1470. The van der Waals surface area contributed by atoms with Gasteiger partial charge in [0.1, 0.15) is 13.2 Å². The Hall–Kier alpha value is -2.89. The molecule has 0 aliphatic carbocycles. The molecule has 0 aromatic heterocycles. The molecular formula is C77H140O6. The highest BCUT2D eigenvalue weighted by molar-refractivity contribution is 5.71. The van der Waals surface area contributed by atoms with E-state index in [0.717, 1.165) is 89.9 Å². The summed E-state index contributed by atoms with van der Waals surface area (Å²) < 4.78 is 17.0. The van der Waals surface area contributed by atoms with Gasteiger partial charge in [0.25, 0.3) is 0 Å². The number of ether oxygens (including phenoxy) is 3. The van der Waals surface area contributed by atoms with Crippen LogP contribution in [0.2, 0.25) is 0 Å².